The van der Waals surface area contributed by atoms with E-state index in [0.717, 1.165) is 44.4 Å². The first-order valence-corrected chi connectivity index (χ1v) is 14.1. The van der Waals surface area contributed by atoms with Gasteiger partial charge in [0.2, 0.25) is 11.1 Å². The van der Waals surface area contributed by atoms with E-state index >= 15 is 0 Å². The molecule has 0 N–H and O–H groups in total. The lowest BCUT2D eigenvalue weighted by Gasteiger charge is -2.06. The molecule has 0 saturated carbocycles. The second-order valence-electron chi connectivity index (χ2n) is 9.77. The van der Waals surface area contributed by atoms with E-state index in [-0.39, 0.29) is 0 Å². The van der Waals surface area contributed by atoms with Crippen LogP contribution in [0.3, 0.4) is 0 Å². The third kappa shape index (κ3) is 5.38. The molecule has 0 amide bonds. The number of fused-ring (bicyclic) bond motifs is 2. The van der Waals surface area contributed by atoms with Gasteiger partial charge < -0.3 is 8.83 Å². The van der Waals surface area contributed by atoms with Gasteiger partial charge in [0.05, 0.1) is 11.4 Å². The van der Waals surface area contributed by atoms with Crippen LogP contribution in [0.2, 0.25) is 10.0 Å². The van der Waals surface area contributed by atoms with Gasteiger partial charge in [-0.25, -0.2) is 9.98 Å². The van der Waals surface area contributed by atoms with Gasteiger partial charge in [-0.05, 0) is 83.9 Å². The highest BCUT2D eigenvalue weighted by atomic mass is 35.5. The standard InChI is InChI=1S/C36H22Cl2N2O2/c37-27-11-17-33-25(19-27)21-31(23-7-3-1-4-8-23)35(41-33)39-29-13-15-30(16-14-29)40-36-32(24-9-5-2-6-10-24)22-26-20-28(38)12-18-34(26)42-36/h1-22H. The normalized spacial score (nSPS) is 12.3. The summed E-state index contributed by atoms with van der Waals surface area (Å²) >= 11 is 12.5. The van der Waals surface area contributed by atoms with Crippen molar-refractivity contribution in [2.45, 2.75) is 0 Å². The van der Waals surface area contributed by atoms with Crippen molar-refractivity contribution in [3.63, 3.8) is 0 Å². The van der Waals surface area contributed by atoms with Gasteiger partial charge in [0.25, 0.3) is 0 Å². The number of rotatable bonds is 4. The molecule has 0 radical (unpaired) electrons. The zero-order valence-corrected chi connectivity index (χ0v) is 23.7. The van der Waals surface area contributed by atoms with E-state index in [1.807, 2.05) is 121 Å². The predicted octanol–water partition coefficient (Wildman–Crippen LogP) is 10.3. The Bertz CT molecular complexity index is 2040. The van der Waals surface area contributed by atoms with Crippen LogP contribution in [0, 0.1) is 0 Å². The Labute approximate surface area is 251 Å². The smallest absolute Gasteiger partial charge is 0.227 e. The average molecular weight is 585 g/mol. The summed E-state index contributed by atoms with van der Waals surface area (Å²) in [4.78, 5) is 9.75. The molecule has 202 valence electrons. The van der Waals surface area contributed by atoms with Crippen molar-refractivity contribution in [2.24, 2.45) is 9.98 Å². The average Bonchev–Trinajstić information content (AvgIpc) is 3.02. The Morgan fingerprint density at radius 2 is 0.833 bits per heavy atom. The topological polar surface area (TPSA) is 51.0 Å². The lowest BCUT2D eigenvalue weighted by molar-refractivity contribution is 0.547. The van der Waals surface area contributed by atoms with Crippen molar-refractivity contribution in [3.05, 3.63) is 155 Å². The first-order valence-electron chi connectivity index (χ1n) is 13.4. The molecule has 0 bridgehead atoms. The lowest BCUT2D eigenvalue weighted by Crippen LogP contribution is -2.05. The van der Waals surface area contributed by atoms with Crippen LogP contribution in [0.5, 0.6) is 0 Å². The molecule has 0 unspecified atom stereocenters. The van der Waals surface area contributed by atoms with Gasteiger partial charge in [-0.3, -0.25) is 0 Å². The Balaban J connectivity index is 1.33. The van der Waals surface area contributed by atoms with Crippen molar-refractivity contribution in [1.29, 1.82) is 0 Å². The predicted molar refractivity (Wildman–Crippen MR) is 170 cm³/mol. The summed E-state index contributed by atoms with van der Waals surface area (Å²) in [6, 6.07) is 43.0. The van der Waals surface area contributed by atoms with Crippen LogP contribution in [0.25, 0.3) is 44.2 Å². The molecule has 0 spiro atoms. The van der Waals surface area contributed by atoms with Crippen LogP contribution in [0.1, 0.15) is 0 Å². The summed E-state index contributed by atoms with van der Waals surface area (Å²) < 4.78 is 12.5. The van der Waals surface area contributed by atoms with E-state index in [9.17, 15) is 0 Å². The van der Waals surface area contributed by atoms with Crippen LogP contribution in [-0.4, -0.2) is 0 Å². The molecule has 2 aromatic heterocycles. The van der Waals surface area contributed by atoms with Crippen molar-refractivity contribution in [1.82, 2.24) is 0 Å². The molecule has 0 aliphatic rings. The largest absolute Gasteiger partial charge is 0.438 e. The zero-order chi connectivity index (χ0) is 28.5. The number of hydrogen-bond acceptors (Lipinski definition) is 4. The van der Waals surface area contributed by atoms with Gasteiger partial charge in [0.1, 0.15) is 11.2 Å². The molecule has 4 nitrogen and oxygen atoms in total. The molecule has 2 heterocycles. The van der Waals surface area contributed by atoms with Gasteiger partial charge in [-0.2, -0.15) is 0 Å². The van der Waals surface area contributed by atoms with Crippen molar-refractivity contribution in [3.8, 4) is 22.3 Å². The van der Waals surface area contributed by atoms with E-state index < -0.39 is 0 Å². The maximum absolute atomic E-state index is 6.27. The third-order valence-electron chi connectivity index (χ3n) is 6.90. The second kappa shape index (κ2) is 11.2. The summed E-state index contributed by atoms with van der Waals surface area (Å²) in [5, 5.41) is 3.12. The van der Waals surface area contributed by atoms with Crippen LogP contribution in [-0.2, 0) is 0 Å². The minimum absolute atomic E-state index is 0.510. The molecular weight excluding hydrogens is 563 g/mol. The van der Waals surface area contributed by atoms with E-state index in [0.29, 0.717) is 32.3 Å². The van der Waals surface area contributed by atoms with E-state index in [1.54, 1.807) is 0 Å². The molecule has 0 aliphatic heterocycles. The molecule has 42 heavy (non-hydrogen) atoms. The molecule has 0 aliphatic carbocycles. The first-order chi connectivity index (χ1) is 20.6. The third-order valence-corrected chi connectivity index (χ3v) is 7.37. The molecule has 0 fully saturated rings. The Hall–Kier alpha value is -4.90. The minimum atomic E-state index is 0.510. The molecular formula is C36H22Cl2N2O2. The van der Waals surface area contributed by atoms with Gasteiger partial charge in [0.15, 0.2) is 0 Å². The maximum atomic E-state index is 6.27. The Kier molecular flexibility index (Phi) is 6.92. The molecule has 0 atom stereocenters. The van der Waals surface area contributed by atoms with Crippen molar-refractivity contribution < 1.29 is 8.83 Å². The Morgan fingerprint density at radius 3 is 1.24 bits per heavy atom. The van der Waals surface area contributed by atoms with Gasteiger partial charge in [0, 0.05) is 31.9 Å². The van der Waals surface area contributed by atoms with Crippen LogP contribution >= 0.6 is 23.2 Å². The highest BCUT2D eigenvalue weighted by Crippen LogP contribution is 2.27. The highest BCUT2D eigenvalue weighted by molar-refractivity contribution is 6.31. The fourth-order valence-corrected chi connectivity index (χ4v) is 5.22. The summed E-state index contributed by atoms with van der Waals surface area (Å²) in [5.41, 5.74) is 7.65. The second-order valence-corrected chi connectivity index (χ2v) is 10.6. The number of halogens is 2. The monoisotopic (exact) mass is 584 g/mol. The van der Waals surface area contributed by atoms with Crippen molar-refractivity contribution >= 4 is 56.5 Å². The molecule has 7 rings (SSSR count). The minimum Gasteiger partial charge on any atom is -0.438 e. The fourth-order valence-electron chi connectivity index (χ4n) is 4.85. The van der Waals surface area contributed by atoms with Crippen molar-refractivity contribution in [2.75, 3.05) is 0 Å². The van der Waals surface area contributed by atoms with Crippen LogP contribution < -0.4 is 11.1 Å². The van der Waals surface area contributed by atoms with Crippen LogP contribution in [0.4, 0.5) is 11.4 Å². The van der Waals surface area contributed by atoms with Gasteiger partial charge >= 0.3 is 0 Å². The Morgan fingerprint density at radius 1 is 0.429 bits per heavy atom. The summed E-state index contributed by atoms with van der Waals surface area (Å²) in [6.45, 7) is 0. The summed E-state index contributed by atoms with van der Waals surface area (Å²) in [6.07, 6.45) is 0. The SMILES string of the molecule is Clc1ccc2oc(=Nc3ccc(N=c4oc5ccc(Cl)cc5cc4-c4ccccc4)cc3)c(-c3ccccc3)cc2c1. The highest BCUT2D eigenvalue weighted by Gasteiger charge is 2.09. The first kappa shape index (κ1) is 26.0. The maximum Gasteiger partial charge on any atom is 0.227 e. The molecule has 6 heteroatoms. The molecule has 7 aromatic rings. The zero-order valence-electron chi connectivity index (χ0n) is 22.2. The number of nitrogens with zero attached hydrogens (tertiary/aromatic N) is 2. The van der Waals surface area contributed by atoms with E-state index in [1.165, 1.54) is 0 Å². The summed E-state index contributed by atoms with van der Waals surface area (Å²) in [7, 11) is 0. The van der Waals surface area contributed by atoms with Gasteiger partial charge in [-0.1, -0.05) is 83.9 Å². The summed E-state index contributed by atoms with van der Waals surface area (Å²) in [5.74, 6) is 0. The number of hydrogen-bond donors (Lipinski definition) is 0. The fraction of sp³-hybridized carbons (Fsp3) is 0. The quantitative estimate of drug-likeness (QED) is 0.206. The van der Waals surface area contributed by atoms with Gasteiger partial charge in [-0.15, -0.1) is 0 Å². The number of benzene rings is 5. The lowest BCUT2D eigenvalue weighted by atomic mass is 10.1. The van der Waals surface area contributed by atoms with Crippen LogP contribution in [0.15, 0.2) is 152 Å². The van der Waals surface area contributed by atoms with E-state index in [2.05, 4.69) is 12.1 Å². The molecule has 0 saturated heterocycles. The van der Waals surface area contributed by atoms with E-state index in [4.69, 9.17) is 42.0 Å². The molecule has 5 aromatic carbocycles.